The molecule has 0 aromatic heterocycles. The minimum absolute atomic E-state index is 0. The van der Waals surface area contributed by atoms with Gasteiger partial charge in [-0.05, 0) is 31.4 Å². The average molecular weight is 349 g/mol. The zero-order valence-corrected chi connectivity index (χ0v) is 13.9. The van der Waals surface area contributed by atoms with Gasteiger partial charge in [-0.1, -0.05) is 25.3 Å². The number of nitrogens with one attached hydrogen (secondary N) is 1. The van der Waals surface area contributed by atoms with Crippen molar-refractivity contribution >= 4 is 24.0 Å². The van der Waals surface area contributed by atoms with Crippen LogP contribution in [0, 0.1) is 6.92 Å². The maximum Gasteiger partial charge on any atom is 0.272 e. The van der Waals surface area contributed by atoms with Gasteiger partial charge in [0.05, 0.1) is 5.54 Å². The molecule has 1 saturated carbocycles. The van der Waals surface area contributed by atoms with Crippen LogP contribution in [0.5, 0.6) is 5.75 Å². The van der Waals surface area contributed by atoms with E-state index in [4.69, 9.17) is 10.5 Å². The number of carbonyl (C=O) groups is 1. The van der Waals surface area contributed by atoms with E-state index in [1.807, 2.05) is 0 Å². The van der Waals surface area contributed by atoms with Gasteiger partial charge in [-0.2, -0.15) is 0 Å². The Labute approximate surface area is 141 Å². The molecule has 1 aliphatic carbocycles. The first-order chi connectivity index (χ1) is 10.4. The standard InChI is InChI=1S/C16H22F2N2O2.ClH/c1-11-5-6-12(9-13(11)22-10-14(17)18)20-15(21)16(19)7-3-2-4-8-16;/h5-6,9,14H,2-4,7-8,10,19H2,1H3,(H,20,21);1H. The summed E-state index contributed by atoms with van der Waals surface area (Å²) in [4.78, 5) is 12.4. The van der Waals surface area contributed by atoms with Crippen molar-refractivity contribution in [3.05, 3.63) is 23.8 Å². The minimum atomic E-state index is -2.54. The molecule has 0 bridgehead atoms. The molecule has 1 fully saturated rings. The molecule has 0 saturated heterocycles. The number of halogens is 3. The van der Waals surface area contributed by atoms with Gasteiger partial charge in [0.25, 0.3) is 6.43 Å². The summed E-state index contributed by atoms with van der Waals surface area (Å²) in [6.45, 7) is 1.09. The molecule has 3 N–H and O–H groups in total. The number of hydrogen-bond donors (Lipinski definition) is 2. The van der Waals surface area contributed by atoms with Crippen LogP contribution < -0.4 is 15.8 Å². The molecule has 23 heavy (non-hydrogen) atoms. The summed E-state index contributed by atoms with van der Waals surface area (Å²) in [5.41, 5.74) is 6.58. The zero-order chi connectivity index (χ0) is 16.2. The van der Waals surface area contributed by atoms with Crippen molar-refractivity contribution in [1.29, 1.82) is 0 Å². The molecule has 7 heteroatoms. The first-order valence-corrected chi connectivity index (χ1v) is 7.53. The van der Waals surface area contributed by atoms with E-state index in [1.165, 1.54) is 0 Å². The molecule has 0 aliphatic heterocycles. The second-order valence-corrected chi connectivity index (χ2v) is 5.85. The number of anilines is 1. The van der Waals surface area contributed by atoms with Gasteiger partial charge in [0, 0.05) is 11.8 Å². The molecule has 0 spiro atoms. The molecular weight excluding hydrogens is 326 g/mol. The third-order valence-corrected chi connectivity index (χ3v) is 4.01. The van der Waals surface area contributed by atoms with Crippen LogP contribution in [0.1, 0.15) is 37.7 Å². The Morgan fingerprint density at radius 1 is 1.35 bits per heavy atom. The van der Waals surface area contributed by atoms with Crippen molar-refractivity contribution in [2.75, 3.05) is 11.9 Å². The number of amides is 1. The Kier molecular flexibility index (Phi) is 7.22. The van der Waals surface area contributed by atoms with Crippen LogP contribution in [0.4, 0.5) is 14.5 Å². The van der Waals surface area contributed by atoms with Crippen LogP contribution in [0.3, 0.4) is 0 Å². The lowest BCUT2D eigenvalue weighted by molar-refractivity contribution is -0.122. The highest BCUT2D eigenvalue weighted by Gasteiger charge is 2.35. The second-order valence-electron chi connectivity index (χ2n) is 5.85. The van der Waals surface area contributed by atoms with Gasteiger partial charge in [-0.15, -0.1) is 12.4 Å². The van der Waals surface area contributed by atoms with E-state index in [0.29, 0.717) is 24.3 Å². The fraction of sp³-hybridized carbons (Fsp3) is 0.562. The fourth-order valence-corrected chi connectivity index (χ4v) is 2.65. The van der Waals surface area contributed by atoms with Crippen LogP contribution in [0.15, 0.2) is 18.2 Å². The van der Waals surface area contributed by atoms with E-state index in [-0.39, 0.29) is 18.3 Å². The second kappa shape index (κ2) is 8.45. The third kappa shape index (κ3) is 5.32. The summed E-state index contributed by atoms with van der Waals surface area (Å²) < 4.78 is 29.5. The number of nitrogens with two attached hydrogens (primary N) is 1. The molecule has 2 rings (SSSR count). The highest BCUT2D eigenvalue weighted by Crippen LogP contribution is 2.28. The first kappa shape index (κ1) is 19.6. The molecule has 0 atom stereocenters. The van der Waals surface area contributed by atoms with Crippen molar-refractivity contribution in [1.82, 2.24) is 0 Å². The summed E-state index contributed by atoms with van der Waals surface area (Å²) in [6, 6.07) is 5.00. The lowest BCUT2D eigenvalue weighted by atomic mass is 9.82. The Morgan fingerprint density at radius 3 is 2.61 bits per heavy atom. The molecule has 130 valence electrons. The fourth-order valence-electron chi connectivity index (χ4n) is 2.65. The molecule has 1 aromatic rings. The van der Waals surface area contributed by atoms with Crippen molar-refractivity contribution < 1.29 is 18.3 Å². The first-order valence-electron chi connectivity index (χ1n) is 7.53. The van der Waals surface area contributed by atoms with E-state index in [1.54, 1.807) is 25.1 Å². The number of rotatable bonds is 5. The lowest BCUT2D eigenvalue weighted by Crippen LogP contribution is -2.52. The lowest BCUT2D eigenvalue weighted by Gasteiger charge is -2.31. The minimum Gasteiger partial charge on any atom is -0.487 e. The van der Waals surface area contributed by atoms with Gasteiger partial charge in [-0.25, -0.2) is 8.78 Å². The van der Waals surface area contributed by atoms with Gasteiger partial charge in [0.1, 0.15) is 12.4 Å². The number of benzene rings is 1. The Bertz CT molecular complexity index is 535. The van der Waals surface area contributed by atoms with E-state index in [0.717, 1.165) is 24.8 Å². The molecule has 0 radical (unpaired) electrons. The van der Waals surface area contributed by atoms with Crippen LogP contribution in [-0.2, 0) is 4.79 Å². The van der Waals surface area contributed by atoms with Crippen LogP contribution >= 0.6 is 12.4 Å². The Hall–Kier alpha value is -1.40. The summed E-state index contributed by atoms with van der Waals surface area (Å²) in [6.07, 6.45) is 1.79. The normalized spacial score (nSPS) is 16.6. The van der Waals surface area contributed by atoms with E-state index >= 15 is 0 Å². The highest BCUT2D eigenvalue weighted by molar-refractivity contribution is 5.98. The average Bonchev–Trinajstić information content (AvgIpc) is 2.48. The van der Waals surface area contributed by atoms with E-state index in [9.17, 15) is 13.6 Å². The molecule has 0 unspecified atom stereocenters. The topological polar surface area (TPSA) is 64.4 Å². The molecule has 1 aromatic carbocycles. The zero-order valence-electron chi connectivity index (χ0n) is 13.1. The van der Waals surface area contributed by atoms with Crippen molar-refractivity contribution in [3.8, 4) is 5.75 Å². The maximum atomic E-state index is 12.4. The molecule has 1 amide bonds. The number of aryl methyl sites for hydroxylation is 1. The molecule has 0 heterocycles. The van der Waals surface area contributed by atoms with Gasteiger partial charge in [0.2, 0.25) is 5.91 Å². The summed E-state index contributed by atoms with van der Waals surface area (Å²) >= 11 is 0. The number of ether oxygens (including phenoxy) is 1. The number of alkyl halides is 2. The monoisotopic (exact) mass is 348 g/mol. The predicted molar refractivity (Wildman–Crippen MR) is 88.6 cm³/mol. The quantitative estimate of drug-likeness (QED) is 0.853. The van der Waals surface area contributed by atoms with Crippen LogP contribution in [-0.4, -0.2) is 24.5 Å². The summed E-state index contributed by atoms with van der Waals surface area (Å²) in [7, 11) is 0. The summed E-state index contributed by atoms with van der Waals surface area (Å²) in [5, 5.41) is 2.78. The predicted octanol–water partition coefficient (Wildman–Crippen LogP) is 3.66. The molecular formula is C16H23ClF2N2O2. The van der Waals surface area contributed by atoms with Gasteiger partial charge in [0.15, 0.2) is 0 Å². The maximum absolute atomic E-state index is 12.4. The highest BCUT2D eigenvalue weighted by atomic mass is 35.5. The third-order valence-electron chi connectivity index (χ3n) is 4.01. The van der Waals surface area contributed by atoms with Crippen LogP contribution in [0.2, 0.25) is 0 Å². The Balaban J connectivity index is 0.00000264. The Morgan fingerprint density at radius 2 is 2.00 bits per heavy atom. The van der Waals surface area contributed by atoms with Gasteiger partial charge >= 0.3 is 0 Å². The van der Waals surface area contributed by atoms with Crippen molar-refractivity contribution in [3.63, 3.8) is 0 Å². The van der Waals surface area contributed by atoms with Gasteiger partial charge in [-0.3, -0.25) is 4.79 Å². The summed E-state index contributed by atoms with van der Waals surface area (Å²) in [5.74, 6) is 0.115. The molecule has 4 nitrogen and oxygen atoms in total. The van der Waals surface area contributed by atoms with E-state index in [2.05, 4.69) is 5.32 Å². The SMILES string of the molecule is Cc1ccc(NC(=O)C2(N)CCCCC2)cc1OCC(F)F.Cl. The van der Waals surface area contributed by atoms with Crippen molar-refractivity contribution in [2.45, 2.75) is 51.0 Å². The van der Waals surface area contributed by atoms with Gasteiger partial charge < -0.3 is 15.8 Å². The largest absolute Gasteiger partial charge is 0.487 e. The van der Waals surface area contributed by atoms with Crippen LogP contribution in [0.25, 0.3) is 0 Å². The smallest absolute Gasteiger partial charge is 0.272 e. The van der Waals surface area contributed by atoms with Crippen molar-refractivity contribution in [2.24, 2.45) is 5.73 Å². The van der Waals surface area contributed by atoms with E-state index < -0.39 is 18.6 Å². The number of hydrogen-bond acceptors (Lipinski definition) is 3. The molecule has 1 aliphatic rings. The number of carbonyl (C=O) groups excluding carboxylic acids is 1.